The first-order valence-corrected chi connectivity index (χ1v) is 11.7. The van der Waals surface area contributed by atoms with Crippen LogP contribution >= 0.6 is 0 Å². The number of hydrogen-bond donors (Lipinski definition) is 1. The molecule has 182 valence electrons. The molecule has 2 aromatic carbocycles. The number of hydrazine groups is 1. The number of nitrogens with one attached hydrogen (secondary N) is 1. The summed E-state index contributed by atoms with van der Waals surface area (Å²) in [5, 5.41) is 1.41. The van der Waals surface area contributed by atoms with E-state index in [-0.39, 0.29) is 11.8 Å². The van der Waals surface area contributed by atoms with E-state index in [4.69, 9.17) is 9.31 Å². The molecule has 1 fully saturated rings. The monoisotopic (exact) mass is 464 g/mol. The number of hydrogen-bond acceptors (Lipinski definition) is 4. The van der Waals surface area contributed by atoms with Crippen LogP contribution in [0.5, 0.6) is 0 Å². The van der Waals surface area contributed by atoms with E-state index in [0.29, 0.717) is 11.1 Å². The van der Waals surface area contributed by atoms with E-state index in [1.54, 1.807) is 6.07 Å². The first kappa shape index (κ1) is 26.0. The highest BCUT2D eigenvalue weighted by Gasteiger charge is 2.52. The van der Waals surface area contributed by atoms with Gasteiger partial charge in [-0.15, -0.1) is 0 Å². The van der Waals surface area contributed by atoms with E-state index in [9.17, 15) is 9.59 Å². The second kappa shape index (κ2) is 8.86. The van der Waals surface area contributed by atoms with Crippen molar-refractivity contribution in [1.29, 1.82) is 0 Å². The topological polar surface area (TPSA) is 67.9 Å². The minimum atomic E-state index is -0.637. The molecule has 0 atom stereocenters. The normalized spacial score (nSPS) is 16.9. The predicted octanol–water partition coefficient (Wildman–Crippen LogP) is 4.50. The molecule has 0 spiro atoms. The molecule has 1 aliphatic heterocycles. The summed E-state index contributed by atoms with van der Waals surface area (Å²) in [4.78, 5) is 26.9. The third-order valence-electron chi connectivity index (χ3n) is 6.68. The van der Waals surface area contributed by atoms with Gasteiger partial charge < -0.3 is 9.31 Å². The molecule has 1 saturated heterocycles. The molecule has 2 amide bonds. The van der Waals surface area contributed by atoms with E-state index in [1.807, 2.05) is 99.6 Å². The fourth-order valence-corrected chi connectivity index (χ4v) is 4.04. The lowest BCUT2D eigenvalue weighted by Crippen LogP contribution is -2.56. The van der Waals surface area contributed by atoms with Gasteiger partial charge in [0.25, 0.3) is 11.8 Å². The number of carbonyl (C=O) groups excluding carboxylic acids is 2. The number of benzene rings is 2. The Balaban J connectivity index is 1.91. The fourth-order valence-electron chi connectivity index (χ4n) is 4.04. The number of rotatable bonds is 3. The number of nitrogens with zero attached hydrogens (tertiary/aromatic N) is 1. The lowest BCUT2D eigenvalue weighted by molar-refractivity contribution is 0.00578. The zero-order valence-corrected chi connectivity index (χ0v) is 22.1. The molecule has 7 heteroatoms. The van der Waals surface area contributed by atoms with Crippen LogP contribution in [-0.2, 0) is 9.31 Å². The van der Waals surface area contributed by atoms with Crippen LogP contribution in [0.1, 0.15) is 85.9 Å². The van der Waals surface area contributed by atoms with Gasteiger partial charge in [0.05, 0.1) is 16.7 Å². The lowest BCUT2D eigenvalue weighted by atomic mass is 9.75. The third kappa shape index (κ3) is 5.06. The van der Waals surface area contributed by atoms with Crippen molar-refractivity contribution in [2.75, 3.05) is 0 Å². The Morgan fingerprint density at radius 2 is 1.44 bits per heavy atom. The molecule has 1 heterocycles. The Morgan fingerprint density at radius 1 is 0.912 bits per heavy atom. The second-order valence-corrected chi connectivity index (χ2v) is 11.2. The van der Waals surface area contributed by atoms with Gasteiger partial charge in [0.1, 0.15) is 0 Å². The minimum Gasteiger partial charge on any atom is -0.399 e. The molecule has 1 N–H and O–H groups in total. The standard InChI is InChI=1S/C27H37BN2O4/c1-17-14-18(2)16-20(15-17)24(32)30(25(4,5)6)29-23(31)21-12-11-13-22(19(21)3)28-33-26(7,8)27(9,10)34-28/h11-16H,1-10H3,(H,29,31). The maximum Gasteiger partial charge on any atom is 0.495 e. The van der Waals surface area contributed by atoms with Gasteiger partial charge in [-0.25, -0.2) is 5.01 Å². The number of aryl methyl sites for hydroxylation is 2. The molecule has 0 aliphatic carbocycles. The molecule has 6 nitrogen and oxygen atoms in total. The maximum atomic E-state index is 13.4. The Morgan fingerprint density at radius 3 is 1.94 bits per heavy atom. The van der Waals surface area contributed by atoms with Crippen molar-refractivity contribution in [1.82, 2.24) is 10.4 Å². The fraction of sp³-hybridized carbons (Fsp3) is 0.481. The van der Waals surface area contributed by atoms with Gasteiger partial charge in [0.2, 0.25) is 0 Å². The molecule has 3 rings (SSSR count). The van der Waals surface area contributed by atoms with Crippen molar-refractivity contribution in [3.8, 4) is 0 Å². The molecular weight excluding hydrogens is 427 g/mol. The molecule has 1 aliphatic rings. The van der Waals surface area contributed by atoms with E-state index < -0.39 is 23.9 Å². The zero-order chi connectivity index (χ0) is 25.6. The summed E-state index contributed by atoms with van der Waals surface area (Å²) in [5.41, 5.74) is 5.81. The Hall–Kier alpha value is -2.64. The van der Waals surface area contributed by atoms with Gasteiger partial charge >= 0.3 is 7.12 Å². The number of amides is 2. The summed E-state index contributed by atoms with van der Waals surface area (Å²) in [7, 11) is -0.576. The molecule has 34 heavy (non-hydrogen) atoms. The molecular formula is C27H37BN2O4. The van der Waals surface area contributed by atoms with Crippen LogP contribution in [0.2, 0.25) is 0 Å². The van der Waals surface area contributed by atoms with Crippen molar-refractivity contribution in [3.05, 3.63) is 64.2 Å². The zero-order valence-electron chi connectivity index (χ0n) is 22.1. The summed E-state index contributed by atoms with van der Waals surface area (Å²) in [5.74, 6) is -0.615. The van der Waals surface area contributed by atoms with Crippen molar-refractivity contribution in [3.63, 3.8) is 0 Å². The predicted molar refractivity (Wildman–Crippen MR) is 136 cm³/mol. The summed E-state index contributed by atoms with van der Waals surface area (Å²) in [6, 6.07) is 11.2. The van der Waals surface area contributed by atoms with Gasteiger partial charge in [-0.1, -0.05) is 29.3 Å². The van der Waals surface area contributed by atoms with E-state index >= 15 is 0 Å². The molecule has 0 unspecified atom stereocenters. The summed E-state index contributed by atoms with van der Waals surface area (Å²) in [6.45, 7) is 19.4. The van der Waals surface area contributed by atoms with Gasteiger partial charge in [-0.3, -0.25) is 15.0 Å². The first-order valence-electron chi connectivity index (χ1n) is 11.7. The summed E-state index contributed by atoms with van der Waals surface area (Å²) in [6.07, 6.45) is 0. The third-order valence-corrected chi connectivity index (χ3v) is 6.68. The SMILES string of the molecule is Cc1cc(C)cc(C(=O)N(NC(=O)c2cccc(B3OC(C)(C)C(C)(C)O3)c2C)C(C)(C)C)c1. The second-order valence-electron chi connectivity index (χ2n) is 11.2. The number of carbonyl (C=O) groups is 2. The van der Waals surface area contributed by atoms with Gasteiger partial charge in [0, 0.05) is 11.1 Å². The van der Waals surface area contributed by atoms with Crippen LogP contribution in [0.15, 0.2) is 36.4 Å². The van der Waals surface area contributed by atoms with Crippen LogP contribution in [0.25, 0.3) is 0 Å². The van der Waals surface area contributed by atoms with E-state index in [0.717, 1.165) is 22.2 Å². The van der Waals surface area contributed by atoms with Crippen molar-refractivity contribution < 1.29 is 18.9 Å². The van der Waals surface area contributed by atoms with Crippen LogP contribution in [-0.4, -0.2) is 40.7 Å². The lowest BCUT2D eigenvalue weighted by Gasteiger charge is -2.36. The largest absolute Gasteiger partial charge is 0.495 e. The minimum absolute atomic E-state index is 0.257. The highest BCUT2D eigenvalue weighted by Crippen LogP contribution is 2.36. The average Bonchev–Trinajstić information content (AvgIpc) is 2.90. The van der Waals surface area contributed by atoms with Crippen molar-refractivity contribution in [2.24, 2.45) is 0 Å². The van der Waals surface area contributed by atoms with E-state index in [2.05, 4.69) is 5.43 Å². The summed E-state index contributed by atoms with van der Waals surface area (Å²) < 4.78 is 12.4. The maximum absolute atomic E-state index is 13.4. The van der Waals surface area contributed by atoms with Crippen LogP contribution in [0.3, 0.4) is 0 Å². The van der Waals surface area contributed by atoms with Crippen molar-refractivity contribution >= 4 is 24.4 Å². The molecule has 0 radical (unpaired) electrons. The van der Waals surface area contributed by atoms with Gasteiger partial charge in [-0.05, 0) is 98.5 Å². The highest BCUT2D eigenvalue weighted by molar-refractivity contribution is 6.62. The van der Waals surface area contributed by atoms with Gasteiger partial charge in [0.15, 0.2) is 0 Å². The molecule has 0 bridgehead atoms. The Bertz CT molecular complexity index is 1080. The van der Waals surface area contributed by atoms with Crippen molar-refractivity contribution in [2.45, 2.75) is 86.0 Å². The summed E-state index contributed by atoms with van der Waals surface area (Å²) >= 11 is 0. The van der Waals surface area contributed by atoms with Gasteiger partial charge in [-0.2, -0.15) is 0 Å². The average molecular weight is 464 g/mol. The first-order chi connectivity index (χ1) is 15.5. The van der Waals surface area contributed by atoms with Crippen LogP contribution in [0.4, 0.5) is 0 Å². The molecule has 2 aromatic rings. The quantitative estimate of drug-likeness (QED) is 0.537. The van der Waals surface area contributed by atoms with Crippen LogP contribution < -0.4 is 10.9 Å². The Labute approximate surface area is 204 Å². The molecule has 0 aromatic heterocycles. The highest BCUT2D eigenvalue weighted by atomic mass is 16.7. The molecule has 0 saturated carbocycles. The van der Waals surface area contributed by atoms with E-state index in [1.165, 1.54) is 5.01 Å². The Kier molecular flexibility index (Phi) is 6.77. The van der Waals surface area contributed by atoms with Crippen LogP contribution in [0, 0.1) is 20.8 Å². The smallest absolute Gasteiger partial charge is 0.399 e.